The van der Waals surface area contributed by atoms with Crippen LogP contribution in [0.25, 0.3) is 0 Å². The highest BCUT2D eigenvalue weighted by molar-refractivity contribution is 5.71. The first-order chi connectivity index (χ1) is 32.0. The summed E-state index contributed by atoms with van der Waals surface area (Å²) in [6, 6.07) is 0. The molecule has 0 aromatic heterocycles. The molecule has 0 aliphatic rings. The molecule has 0 spiro atoms. The van der Waals surface area contributed by atoms with E-state index < -0.39 is 6.10 Å². The normalized spacial score (nSPS) is 12.5. The molecule has 0 saturated carbocycles. The highest BCUT2D eigenvalue weighted by Crippen LogP contribution is 2.15. The summed E-state index contributed by atoms with van der Waals surface area (Å²) in [5.41, 5.74) is 0. The summed E-state index contributed by atoms with van der Waals surface area (Å²) < 4.78 is 16.8. The molecule has 0 fully saturated rings. The fraction of sp³-hybridized carbons (Fsp3) is 0.780. The second kappa shape index (κ2) is 53.7. The van der Waals surface area contributed by atoms with Gasteiger partial charge >= 0.3 is 17.9 Å². The van der Waals surface area contributed by atoms with E-state index in [-0.39, 0.29) is 31.1 Å². The number of esters is 3. The number of hydrogen-bond acceptors (Lipinski definition) is 6. The summed E-state index contributed by atoms with van der Waals surface area (Å²) in [5, 5.41) is 0. The van der Waals surface area contributed by atoms with Gasteiger partial charge in [-0.15, -0.1) is 0 Å². The van der Waals surface area contributed by atoms with Gasteiger partial charge in [-0.1, -0.05) is 236 Å². The van der Waals surface area contributed by atoms with E-state index in [0.29, 0.717) is 19.3 Å². The van der Waals surface area contributed by atoms with Crippen LogP contribution in [-0.2, 0) is 28.6 Å². The van der Waals surface area contributed by atoms with Crippen molar-refractivity contribution in [1.29, 1.82) is 0 Å². The van der Waals surface area contributed by atoms with Gasteiger partial charge in [0, 0.05) is 19.3 Å². The summed E-state index contributed by atoms with van der Waals surface area (Å²) in [6.45, 7) is 6.49. The Morgan fingerprint density at radius 2 is 0.600 bits per heavy atom. The van der Waals surface area contributed by atoms with E-state index in [0.717, 1.165) is 89.9 Å². The van der Waals surface area contributed by atoms with Crippen molar-refractivity contribution in [2.45, 2.75) is 284 Å². The maximum absolute atomic E-state index is 12.8. The zero-order chi connectivity index (χ0) is 47.2. The van der Waals surface area contributed by atoms with Crippen LogP contribution in [0.4, 0.5) is 0 Å². The Hall–Kier alpha value is -2.89. The average molecular weight is 909 g/mol. The largest absolute Gasteiger partial charge is 0.462 e. The molecule has 0 N–H and O–H groups in total. The fourth-order valence-electron chi connectivity index (χ4n) is 7.84. The topological polar surface area (TPSA) is 78.9 Å². The Balaban J connectivity index is 4.22. The number of carbonyl (C=O) groups excluding carboxylic acids is 3. The summed E-state index contributed by atoms with van der Waals surface area (Å²) in [6.07, 6.45) is 66.5. The maximum atomic E-state index is 12.8. The van der Waals surface area contributed by atoms with E-state index in [9.17, 15) is 14.4 Å². The SMILES string of the molecule is CC/C=C\C/C=C\C/C=C\C/C=C\CCCCCCCCCCC(=O)OCC(COC(=O)CCCCCCCCC)OC(=O)CCCCCCCCCCC/C=C\CCCCCCCC. The second-order valence-electron chi connectivity index (χ2n) is 18.5. The number of carbonyl (C=O) groups is 3. The second-order valence-corrected chi connectivity index (χ2v) is 18.5. The van der Waals surface area contributed by atoms with Crippen LogP contribution in [0.5, 0.6) is 0 Å². The molecule has 0 rings (SSSR count). The van der Waals surface area contributed by atoms with Crippen LogP contribution < -0.4 is 0 Å². The van der Waals surface area contributed by atoms with Crippen LogP contribution in [0.15, 0.2) is 60.8 Å². The molecule has 1 atom stereocenters. The molecule has 6 nitrogen and oxygen atoms in total. The van der Waals surface area contributed by atoms with Gasteiger partial charge in [0.05, 0.1) is 0 Å². The van der Waals surface area contributed by atoms with Crippen molar-refractivity contribution in [3.63, 3.8) is 0 Å². The highest BCUT2D eigenvalue weighted by Gasteiger charge is 2.19. The van der Waals surface area contributed by atoms with E-state index in [1.54, 1.807) is 0 Å². The number of unbranched alkanes of at least 4 members (excludes halogenated alkanes) is 29. The van der Waals surface area contributed by atoms with Crippen molar-refractivity contribution in [1.82, 2.24) is 0 Å². The molecule has 376 valence electrons. The number of allylic oxidation sites excluding steroid dienone is 10. The van der Waals surface area contributed by atoms with Gasteiger partial charge in [0.1, 0.15) is 13.2 Å². The smallest absolute Gasteiger partial charge is 0.306 e. The molecule has 0 radical (unpaired) electrons. The number of rotatable bonds is 50. The summed E-state index contributed by atoms with van der Waals surface area (Å²) in [5.74, 6) is -0.885. The Morgan fingerprint density at radius 3 is 0.954 bits per heavy atom. The average Bonchev–Trinajstić information content (AvgIpc) is 3.30. The van der Waals surface area contributed by atoms with Crippen LogP contribution in [0, 0.1) is 0 Å². The Labute approximate surface area is 402 Å². The molecule has 0 amide bonds. The highest BCUT2D eigenvalue weighted by atomic mass is 16.6. The van der Waals surface area contributed by atoms with E-state index in [1.165, 1.54) is 148 Å². The van der Waals surface area contributed by atoms with Crippen LogP contribution in [-0.4, -0.2) is 37.2 Å². The van der Waals surface area contributed by atoms with Crippen molar-refractivity contribution < 1.29 is 28.6 Å². The molecule has 1 unspecified atom stereocenters. The maximum Gasteiger partial charge on any atom is 0.306 e. The predicted octanol–water partition coefficient (Wildman–Crippen LogP) is 18.4. The Morgan fingerprint density at radius 1 is 0.323 bits per heavy atom. The summed E-state index contributed by atoms with van der Waals surface area (Å²) >= 11 is 0. The Bertz CT molecular complexity index is 1180. The first-order valence-electron chi connectivity index (χ1n) is 27.8. The van der Waals surface area contributed by atoms with Gasteiger partial charge in [-0.2, -0.15) is 0 Å². The molecular weight excluding hydrogens is 805 g/mol. The first-order valence-corrected chi connectivity index (χ1v) is 27.8. The predicted molar refractivity (Wildman–Crippen MR) is 279 cm³/mol. The third-order valence-electron chi connectivity index (χ3n) is 12.0. The van der Waals surface area contributed by atoms with Crippen molar-refractivity contribution in [3.05, 3.63) is 60.8 Å². The molecule has 6 heteroatoms. The van der Waals surface area contributed by atoms with Crippen LogP contribution in [0.1, 0.15) is 278 Å². The minimum absolute atomic E-state index is 0.0761. The standard InChI is InChI=1S/C59H104O6/c1-4-7-10-13-16-18-20-22-24-26-28-29-31-32-34-36-38-40-43-46-49-52-58(61)64-55-56(54-63-57(60)51-48-45-42-15-12-9-6-3)65-59(62)53-50-47-44-41-39-37-35-33-30-27-25-23-21-19-17-14-11-8-5-2/h7,10,16,18,22-25,28-29,56H,4-6,8-9,11-15,17,19-21,26-27,30-55H2,1-3H3/b10-7-,18-16-,24-22-,25-23-,29-28-. The third kappa shape index (κ3) is 51.9. The number of ether oxygens (including phenoxy) is 3. The van der Waals surface area contributed by atoms with E-state index >= 15 is 0 Å². The van der Waals surface area contributed by atoms with Gasteiger partial charge in [-0.05, 0) is 83.5 Å². The van der Waals surface area contributed by atoms with Crippen LogP contribution in [0.3, 0.4) is 0 Å². The van der Waals surface area contributed by atoms with E-state index in [1.807, 2.05) is 0 Å². The summed E-state index contributed by atoms with van der Waals surface area (Å²) in [7, 11) is 0. The van der Waals surface area contributed by atoms with Gasteiger partial charge in [-0.25, -0.2) is 0 Å². The van der Waals surface area contributed by atoms with E-state index in [4.69, 9.17) is 14.2 Å². The molecule has 0 aliphatic carbocycles. The Kier molecular flexibility index (Phi) is 51.3. The molecule has 0 aromatic carbocycles. The lowest BCUT2D eigenvalue weighted by Crippen LogP contribution is -2.30. The lowest BCUT2D eigenvalue weighted by Gasteiger charge is -2.18. The molecule has 0 bridgehead atoms. The van der Waals surface area contributed by atoms with Crippen molar-refractivity contribution in [2.75, 3.05) is 13.2 Å². The monoisotopic (exact) mass is 909 g/mol. The van der Waals surface area contributed by atoms with Crippen molar-refractivity contribution in [2.24, 2.45) is 0 Å². The zero-order valence-electron chi connectivity index (χ0n) is 43.0. The minimum Gasteiger partial charge on any atom is -0.462 e. The lowest BCUT2D eigenvalue weighted by atomic mass is 10.1. The van der Waals surface area contributed by atoms with Crippen molar-refractivity contribution in [3.8, 4) is 0 Å². The van der Waals surface area contributed by atoms with Gasteiger partial charge in [0.25, 0.3) is 0 Å². The third-order valence-corrected chi connectivity index (χ3v) is 12.0. The lowest BCUT2D eigenvalue weighted by molar-refractivity contribution is -0.167. The molecule has 0 aliphatic heterocycles. The quantitative estimate of drug-likeness (QED) is 0.0262. The van der Waals surface area contributed by atoms with Gasteiger partial charge in [0.15, 0.2) is 6.10 Å². The first kappa shape index (κ1) is 62.1. The van der Waals surface area contributed by atoms with E-state index in [2.05, 4.69) is 81.5 Å². The molecular formula is C59H104O6. The number of hydrogen-bond donors (Lipinski definition) is 0. The van der Waals surface area contributed by atoms with Crippen LogP contribution in [0.2, 0.25) is 0 Å². The molecule has 0 heterocycles. The molecule has 0 aromatic rings. The molecule has 65 heavy (non-hydrogen) atoms. The molecule has 0 saturated heterocycles. The summed E-state index contributed by atoms with van der Waals surface area (Å²) in [4.78, 5) is 37.9. The van der Waals surface area contributed by atoms with Gasteiger partial charge < -0.3 is 14.2 Å². The van der Waals surface area contributed by atoms with Gasteiger partial charge in [0.2, 0.25) is 0 Å². The zero-order valence-corrected chi connectivity index (χ0v) is 43.0. The minimum atomic E-state index is -0.775. The fourth-order valence-corrected chi connectivity index (χ4v) is 7.84. The van der Waals surface area contributed by atoms with Gasteiger partial charge in [-0.3, -0.25) is 14.4 Å². The van der Waals surface area contributed by atoms with Crippen LogP contribution >= 0.6 is 0 Å². The van der Waals surface area contributed by atoms with Crippen molar-refractivity contribution >= 4 is 17.9 Å².